The molecule has 1 fully saturated rings. The van der Waals surface area contributed by atoms with Crippen LogP contribution in [-0.4, -0.2) is 4.98 Å². The molecule has 3 aromatic rings. The number of nitriles is 1. The number of pyridine rings is 1. The highest BCUT2D eigenvalue weighted by Gasteiger charge is 2.23. The van der Waals surface area contributed by atoms with Crippen molar-refractivity contribution >= 4 is 22.6 Å². The largest absolute Gasteiger partial charge is 0.457 e. The standard InChI is InChI=1S/C23H19IN2O/c24-23-21(15-25)20(16-6-4-5-7-16)14-22(26-23)17-10-12-19(13-11-17)27-18-8-2-1-3-9-18/h1-3,8-14,16H,4-7H2. The summed E-state index contributed by atoms with van der Waals surface area (Å²) in [6.07, 6.45) is 4.82. The molecule has 0 unspecified atom stereocenters. The maximum atomic E-state index is 9.59. The molecule has 134 valence electrons. The van der Waals surface area contributed by atoms with E-state index in [1.807, 2.05) is 54.6 Å². The van der Waals surface area contributed by atoms with Crippen LogP contribution in [0.3, 0.4) is 0 Å². The van der Waals surface area contributed by atoms with Crippen molar-refractivity contribution in [1.82, 2.24) is 4.98 Å². The van der Waals surface area contributed by atoms with Crippen molar-refractivity contribution in [2.75, 3.05) is 0 Å². The van der Waals surface area contributed by atoms with E-state index >= 15 is 0 Å². The van der Waals surface area contributed by atoms with Gasteiger partial charge in [-0.05, 0) is 89.4 Å². The summed E-state index contributed by atoms with van der Waals surface area (Å²) in [5.41, 5.74) is 3.87. The van der Waals surface area contributed by atoms with Gasteiger partial charge in [-0.2, -0.15) is 5.26 Å². The van der Waals surface area contributed by atoms with Gasteiger partial charge >= 0.3 is 0 Å². The fraction of sp³-hybridized carbons (Fsp3) is 0.217. The lowest BCUT2D eigenvalue weighted by Gasteiger charge is -2.15. The number of hydrogen-bond acceptors (Lipinski definition) is 3. The van der Waals surface area contributed by atoms with Crippen LogP contribution >= 0.6 is 22.6 Å². The molecule has 2 aromatic carbocycles. The molecule has 0 atom stereocenters. The molecule has 0 aliphatic heterocycles. The number of para-hydroxylation sites is 1. The molecule has 0 saturated heterocycles. The molecule has 1 saturated carbocycles. The molecule has 0 amide bonds. The van der Waals surface area contributed by atoms with Gasteiger partial charge in [-0.3, -0.25) is 0 Å². The van der Waals surface area contributed by atoms with Crippen LogP contribution in [0.2, 0.25) is 0 Å². The second kappa shape index (κ2) is 8.10. The van der Waals surface area contributed by atoms with Crippen molar-refractivity contribution in [3.63, 3.8) is 0 Å². The SMILES string of the molecule is N#Cc1c(C2CCCC2)cc(-c2ccc(Oc3ccccc3)cc2)nc1I. The Bertz CT molecular complexity index is 972. The summed E-state index contributed by atoms with van der Waals surface area (Å²) < 4.78 is 6.66. The third-order valence-electron chi connectivity index (χ3n) is 5.04. The van der Waals surface area contributed by atoms with Crippen molar-refractivity contribution < 1.29 is 4.74 Å². The predicted molar refractivity (Wildman–Crippen MR) is 115 cm³/mol. The van der Waals surface area contributed by atoms with E-state index in [-0.39, 0.29) is 0 Å². The Balaban J connectivity index is 1.64. The number of nitrogens with zero attached hydrogens (tertiary/aromatic N) is 2. The Morgan fingerprint density at radius 3 is 2.30 bits per heavy atom. The van der Waals surface area contributed by atoms with Crippen LogP contribution in [0.15, 0.2) is 60.7 Å². The molecular weight excluding hydrogens is 447 g/mol. The molecule has 1 heterocycles. The minimum absolute atomic E-state index is 0.482. The van der Waals surface area contributed by atoms with Gasteiger partial charge in [-0.1, -0.05) is 31.0 Å². The predicted octanol–water partition coefficient (Wildman–Crippen LogP) is 6.67. The van der Waals surface area contributed by atoms with Crippen LogP contribution in [0.5, 0.6) is 11.5 Å². The van der Waals surface area contributed by atoms with E-state index in [1.54, 1.807) is 0 Å². The minimum atomic E-state index is 0.482. The molecule has 4 heteroatoms. The molecule has 3 nitrogen and oxygen atoms in total. The third kappa shape index (κ3) is 3.98. The van der Waals surface area contributed by atoms with E-state index < -0.39 is 0 Å². The van der Waals surface area contributed by atoms with E-state index in [0.717, 1.165) is 50.4 Å². The van der Waals surface area contributed by atoms with Crippen LogP contribution in [0.1, 0.15) is 42.7 Å². The van der Waals surface area contributed by atoms with Gasteiger partial charge < -0.3 is 4.74 Å². The zero-order chi connectivity index (χ0) is 18.6. The summed E-state index contributed by atoms with van der Waals surface area (Å²) >= 11 is 2.19. The van der Waals surface area contributed by atoms with Crippen LogP contribution in [0, 0.1) is 15.0 Å². The van der Waals surface area contributed by atoms with Gasteiger partial charge in [0.2, 0.25) is 0 Å². The van der Waals surface area contributed by atoms with Gasteiger partial charge in [0.15, 0.2) is 0 Å². The first-order valence-corrected chi connectivity index (χ1v) is 10.3. The molecule has 0 bridgehead atoms. The highest BCUT2D eigenvalue weighted by atomic mass is 127. The van der Waals surface area contributed by atoms with Gasteiger partial charge in [0, 0.05) is 5.56 Å². The average molecular weight is 466 g/mol. The first kappa shape index (κ1) is 18.0. The lowest BCUT2D eigenvalue weighted by Crippen LogP contribution is -2.02. The van der Waals surface area contributed by atoms with E-state index in [4.69, 9.17) is 4.74 Å². The zero-order valence-corrected chi connectivity index (χ0v) is 17.0. The second-order valence-electron chi connectivity index (χ2n) is 6.80. The van der Waals surface area contributed by atoms with Gasteiger partial charge in [-0.15, -0.1) is 0 Å². The Labute approximate surface area is 173 Å². The highest BCUT2D eigenvalue weighted by molar-refractivity contribution is 14.1. The maximum absolute atomic E-state index is 9.59. The third-order valence-corrected chi connectivity index (χ3v) is 5.82. The summed E-state index contributed by atoms with van der Waals surface area (Å²) in [7, 11) is 0. The smallest absolute Gasteiger partial charge is 0.127 e. The van der Waals surface area contributed by atoms with Crippen LogP contribution in [0.25, 0.3) is 11.3 Å². The summed E-state index contributed by atoms with van der Waals surface area (Å²) in [6.45, 7) is 0. The Kier molecular flexibility index (Phi) is 5.40. The first-order valence-electron chi connectivity index (χ1n) is 9.18. The first-order chi connectivity index (χ1) is 13.2. The lowest BCUT2D eigenvalue weighted by molar-refractivity contribution is 0.483. The summed E-state index contributed by atoms with van der Waals surface area (Å²) in [4.78, 5) is 4.68. The van der Waals surface area contributed by atoms with Crippen molar-refractivity contribution in [3.05, 3.63) is 75.5 Å². The number of rotatable bonds is 4. The Hall–Kier alpha value is -2.39. The topological polar surface area (TPSA) is 45.9 Å². The number of ether oxygens (including phenoxy) is 1. The van der Waals surface area contributed by atoms with Crippen LogP contribution in [-0.2, 0) is 0 Å². The van der Waals surface area contributed by atoms with E-state index in [0.29, 0.717) is 5.92 Å². The molecule has 1 aliphatic carbocycles. The number of benzene rings is 2. The fourth-order valence-electron chi connectivity index (χ4n) is 3.67. The molecule has 1 aliphatic rings. The van der Waals surface area contributed by atoms with E-state index in [1.165, 1.54) is 12.8 Å². The van der Waals surface area contributed by atoms with Gasteiger partial charge in [0.1, 0.15) is 21.3 Å². The summed E-state index contributed by atoms with van der Waals surface area (Å²) in [5.74, 6) is 2.10. The normalized spacial score (nSPS) is 14.1. The number of hydrogen-bond donors (Lipinski definition) is 0. The van der Waals surface area contributed by atoms with E-state index in [9.17, 15) is 5.26 Å². The molecule has 1 aromatic heterocycles. The molecule has 27 heavy (non-hydrogen) atoms. The number of halogens is 1. The van der Waals surface area contributed by atoms with Crippen molar-refractivity contribution in [2.24, 2.45) is 0 Å². The summed E-state index contributed by atoms with van der Waals surface area (Å²) in [5, 5.41) is 9.59. The van der Waals surface area contributed by atoms with Gasteiger partial charge in [-0.25, -0.2) is 4.98 Å². The van der Waals surface area contributed by atoms with Gasteiger partial charge in [0.05, 0.1) is 11.3 Å². The molecule has 0 spiro atoms. The van der Waals surface area contributed by atoms with Crippen LogP contribution in [0.4, 0.5) is 0 Å². The molecular formula is C23H19IN2O. The Morgan fingerprint density at radius 2 is 1.63 bits per heavy atom. The molecule has 4 rings (SSSR count). The Morgan fingerprint density at radius 1 is 0.963 bits per heavy atom. The second-order valence-corrected chi connectivity index (χ2v) is 7.82. The van der Waals surface area contributed by atoms with Crippen LogP contribution < -0.4 is 4.74 Å². The molecule has 0 radical (unpaired) electrons. The summed E-state index contributed by atoms with van der Waals surface area (Å²) in [6, 6.07) is 22.2. The highest BCUT2D eigenvalue weighted by Crippen LogP contribution is 2.38. The molecule has 0 N–H and O–H groups in total. The van der Waals surface area contributed by atoms with Crippen molar-refractivity contribution in [1.29, 1.82) is 5.26 Å². The van der Waals surface area contributed by atoms with Crippen molar-refractivity contribution in [3.8, 4) is 28.8 Å². The zero-order valence-electron chi connectivity index (χ0n) is 14.9. The quantitative estimate of drug-likeness (QED) is 0.319. The number of aromatic nitrogens is 1. The van der Waals surface area contributed by atoms with Gasteiger partial charge in [0.25, 0.3) is 0 Å². The monoisotopic (exact) mass is 466 g/mol. The van der Waals surface area contributed by atoms with E-state index in [2.05, 4.69) is 39.7 Å². The fourth-order valence-corrected chi connectivity index (χ4v) is 4.36. The minimum Gasteiger partial charge on any atom is -0.457 e. The maximum Gasteiger partial charge on any atom is 0.127 e. The average Bonchev–Trinajstić information content (AvgIpc) is 3.23. The van der Waals surface area contributed by atoms with Crippen molar-refractivity contribution in [2.45, 2.75) is 31.6 Å². The lowest BCUT2D eigenvalue weighted by atomic mass is 9.93.